The number of hydrogen-bond donors (Lipinski definition) is 0. The third kappa shape index (κ3) is 1.66. The summed E-state index contributed by atoms with van der Waals surface area (Å²) in [6, 6.07) is 0. The summed E-state index contributed by atoms with van der Waals surface area (Å²) in [7, 11) is 0. The number of fused-ring (bicyclic) bond motifs is 1. The molecule has 0 N–H and O–H groups in total. The zero-order valence-electron chi connectivity index (χ0n) is 8.09. The first-order valence-corrected chi connectivity index (χ1v) is 5.49. The van der Waals surface area contributed by atoms with Gasteiger partial charge in [-0.05, 0) is 24.7 Å². The Kier molecular flexibility index (Phi) is 2.69. The van der Waals surface area contributed by atoms with E-state index < -0.39 is 0 Å². The average Bonchev–Trinajstić information content (AvgIpc) is 2.31. The van der Waals surface area contributed by atoms with E-state index >= 15 is 0 Å². The number of hydrogen-bond acceptors (Lipinski definition) is 1. The van der Waals surface area contributed by atoms with Gasteiger partial charge in [0.15, 0.2) is 0 Å². The average molecular weight is 168 g/mol. The quantitative estimate of drug-likeness (QED) is 0.540. The van der Waals surface area contributed by atoms with Gasteiger partial charge < -0.3 is 4.74 Å². The number of rotatable bonds is 0. The van der Waals surface area contributed by atoms with Crippen molar-refractivity contribution in [1.29, 1.82) is 0 Å². The molecule has 0 aromatic carbocycles. The molecule has 0 amide bonds. The standard InChI is InChI=1S/C11H20O/c1-9-8-12-11-7-5-3-2-4-6-10(9)11/h9-11H,2-8H2,1H3/t9-,10-,11-/m1/s1. The largest absolute Gasteiger partial charge is 0.378 e. The van der Waals surface area contributed by atoms with Gasteiger partial charge in [0.2, 0.25) is 0 Å². The summed E-state index contributed by atoms with van der Waals surface area (Å²) in [4.78, 5) is 0. The minimum atomic E-state index is 0.625. The van der Waals surface area contributed by atoms with Gasteiger partial charge in [0.1, 0.15) is 0 Å². The molecule has 0 aromatic heterocycles. The van der Waals surface area contributed by atoms with E-state index in [0.29, 0.717) is 6.10 Å². The fourth-order valence-electron chi connectivity index (χ4n) is 2.74. The van der Waals surface area contributed by atoms with Crippen LogP contribution < -0.4 is 0 Å². The molecule has 12 heavy (non-hydrogen) atoms. The van der Waals surface area contributed by atoms with E-state index in [1.54, 1.807) is 0 Å². The molecule has 2 rings (SSSR count). The normalized spacial score (nSPS) is 43.2. The molecule has 1 nitrogen and oxygen atoms in total. The Bertz CT molecular complexity index is 144. The van der Waals surface area contributed by atoms with E-state index in [1.807, 2.05) is 0 Å². The van der Waals surface area contributed by atoms with Crippen molar-refractivity contribution < 1.29 is 4.74 Å². The Hall–Kier alpha value is -0.0400. The monoisotopic (exact) mass is 168 g/mol. The first-order chi connectivity index (χ1) is 5.88. The summed E-state index contributed by atoms with van der Waals surface area (Å²) in [6.45, 7) is 3.38. The van der Waals surface area contributed by atoms with Gasteiger partial charge in [-0.3, -0.25) is 0 Å². The lowest BCUT2D eigenvalue weighted by molar-refractivity contribution is 0.0750. The molecule has 0 unspecified atom stereocenters. The molecule has 1 saturated heterocycles. The Balaban J connectivity index is 1.95. The van der Waals surface area contributed by atoms with Crippen molar-refractivity contribution >= 4 is 0 Å². The first-order valence-electron chi connectivity index (χ1n) is 5.49. The summed E-state index contributed by atoms with van der Waals surface area (Å²) in [5.41, 5.74) is 0. The second-order valence-electron chi connectivity index (χ2n) is 4.50. The van der Waals surface area contributed by atoms with Crippen molar-refractivity contribution in [3.63, 3.8) is 0 Å². The fourth-order valence-corrected chi connectivity index (χ4v) is 2.74. The highest BCUT2D eigenvalue weighted by Crippen LogP contribution is 2.35. The highest BCUT2D eigenvalue weighted by Gasteiger charge is 2.33. The van der Waals surface area contributed by atoms with Crippen LogP contribution in [0.25, 0.3) is 0 Å². The van der Waals surface area contributed by atoms with E-state index in [1.165, 1.54) is 38.5 Å². The van der Waals surface area contributed by atoms with Crippen LogP contribution in [-0.2, 0) is 4.74 Å². The molecule has 1 saturated carbocycles. The molecule has 0 bridgehead atoms. The van der Waals surface area contributed by atoms with E-state index in [0.717, 1.165) is 18.4 Å². The molecule has 2 aliphatic rings. The zero-order valence-corrected chi connectivity index (χ0v) is 8.09. The summed E-state index contributed by atoms with van der Waals surface area (Å²) >= 11 is 0. The molecular weight excluding hydrogens is 148 g/mol. The van der Waals surface area contributed by atoms with Gasteiger partial charge in [-0.25, -0.2) is 0 Å². The summed E-state index contributed by atoms with van der Waals surface area (Å²) in [5, 5.41) is 0. The van der Waals surface area contributed by atoms with Crippen LogP contribution in [0, 0.1) is 11.8 Å². The summed E-state index contributed by atoms with van der Waals surface area (Å²) < 4.78 is 5.80. The highest BCUT2D eigenvalue weighted by molar-refractivity contribution is 4.82. The van der Waals surface area contributed by atoms with Crippen LogP contribution in [0.5, 0.6) is 0 Å². The molecule has 3 atom stereocenters. The molecular formula is C11H20O. The predicted molar refractivity (Wildman–Crippen MR) is 50.1 cm³/mol. The lowest BCUT2D eigenvalue weighted by Crippen LogP contribution is -2.20. The second kappa shape index (κ2) is 3.78. The molecule has 1 aliphatic heterocycles. The van der Waals surface area contributed by atoms with Crippen LogP contribution in [0.4, 0.5) is 0 Å². The molecule has 0 radical (unpaired) electrons. The molecule has 70 valence electrons. The zero-order chi connectivity index (χ0) is 8.39. The predicted octanol–water partition coefficient (Wildman–Crippen LogP) is 2.99. The van der Waals surface area contributed by atoms with E-state index in [4.69, 9.17) is 4.74 Å². The second-order valence-corrected chi connectivity index (χ2v) is 4.50. The van der Waals surface area contributed by atoms with Gasteiger partial charge in [0.05, 0.1) is 6.10 Å². The maximum absolute atomic E-state index is 5.80. The lowest BCUT2D eigenvalue weighted by Gasteiger charge is -2.23. The van der Waals surface area contributed by atoms with Crippen LogP contribution in [0.15, 0.2) is 0 Å². The summed E-state index contributed by atoms with van der Waals surface area (Å²) in [6.07, 6.45) is 9.10. The van der Waals surface area contributed by atoms with E-state index in [2.05, 4.69) is 6.92 Å². The maximum atomic E-state index is 5.80. The van der Waals surface area contributed by atoms with Gasteiger partial charge >= 0.3 is 0 Å². The molecule has 0 spiro atoms. The molecule has 2 fully saturated rings. The van der Waals surface area contributed by atoms with Crippen LogP contribution in [0.2, 0.25) is 0 Å². The molecule has 1 heteroatoms. The molecule has 0 aromatic rings. The lowest BCUT2D eigenvalue weighted by atomic mass is 9.83. The van der Waals surface area contributed by atoms with Crippen LogP contribution >= 0.6 is 0 Å². The van der Waals surface area contributed by atoms with Crippen LogP contribution in [-0.4, -0.2) is 12.7 Å². The van der Waals surface area contributed by atoms with Gasteiger partial charge in [0.25, 0.3) is 0 Å². The third-order valence-electron chi connectivity index (χ3n) is 3.56. The number of ether oxygens (including phenoxy) is 1. The van der Waals surface area contributed by atoms with Gasteiger partial charge in [-0.1, -0.05) is 32.6 Å². The maximum Gasteiger partial charge on any atom is 0.0606 e. The smallest absolute Gasteiger partial charge is 0.0606 e. The van der Waals surface area contributed by atoms with Gasteiger partial charge in [-0.15, -0.1) is 0 Å². The van der Waals surface area contributed by atoms with Crippen molar-refractivity contribution in [3.8, 4) is 0 Å². The van der Waals surface area contributed by atoms with Crippen molar-refractivity contribution in [2.24, 2.45) is 11.8 Å². The van der Waals surface area contributed by atoms with Gasteiger partial charge in [0, 0.05) is 6.61 Å². The minimum Gasteiger partial charge on any atom is -0.378 e. The summed E-state index contributed by atoms with van der Waals surface area (Å²) in [5.74, 6) is 1.72. The van der Waals surface area contributed by atoms with E-state index in [9.17, 15) is 0 Å². The van der Waals surface area contributed by atoms with Crippen molar-refractivity contribution in [1.82, 2.24) is 0 Å². The van der Waals surface area contributed by atoms with Crippen molar-refractivity contribution in [2.45, 2.75) is 51.6 Å². The topological polar surface area (TPSA) is 9.23 Å². The van der Waals surface area contributed by atoms with Crippen molar-refractivity contribution in [3.05, 3.63) is 0 Å². The van der Waals surface area contributed by atoms with Crippen LogP contribution in [0.1, 0.15) is 45.4 Å². The van der Waals surface area contributed by atoms with Crippen LogP contribution in [0.3, 0.4) is 0 Å². The fraction of sp³-hybridized carbons (Fsp3) is 1.00. The van der Waals surface area contributed by atoms with Crippen molar-refractivity contribution in [2.75, 3.05) is 6.61 Å². The minimum absolute atomic E-state index is 0.625. The Morgan fingerprint density at radius 3 is 2.58 bits per heavy atom. The Labute approximate surface area is 75.5 Å². The Morgan fingerprint density at radius 2 is 1.75 bits per heavy atom. The first kappa shape index (κ1) is 8.55. The third-order valence-corrected chi connectivity index (χ3v) is 3.56. The Morgan fingerprint density at radius 1 is 1.00 bits per heavy atom. The molecule has 1 heterocycles. The highest BCUT2D eigenvalue weighted by atomic mass is 16.5. The molecule has 1 aliphatic carbocycles. The SMILES string of the molecule is C[C@@H]1CO[C@@H]2CCCCCC[C@H]12. The van der Waals surface area contributed by atoms with E-state index in [-0.39, 0.29) is 0 Å². The van der Waals surface area contributed by atoms with Gasteiger partial charge in [-0.2, -0.15) is 0 Å².